The maximum Gasteiger partial charge on any atom is 0.214 e. The van der Waals surface area contributed by atoms with Gasteiger partial charge in [-0.25, -0.2) is 0 Å². The van der Waals surface area contributed by atoms with Crippen LogP contribution in [0.3, 0.4) is 0 Å². The Kier molecular flexibility index (Phi) is 5.51. The standard InChI is InChI=1S/C7H14Cl2O/c1-2-3-4-5-6-7(8,9)10/h10H,2-6H2,1H3. The van der Waals surface area contributed by atoms with Gasteiger partial charge in [-0.2, -0.15) is 0 Å². The van der Waals surface area contributed by atoms with Crippen LogP contribution in [0.5, 0.6) is 0 Å². The van der Waals surface area contributed by atoms with Crippen molar-refractivity contribution in [2.45, 2.75) is 43.5 Å². The van der Waals surface area contributed by atoms with E-state index in [1.165, 1.54) is 12.8 Å². The van der Waals surface area contributed by atoms with E-state index in [2.05, 4.69) is 6.92 Å². The monoisotopic (exact) mass is 184 g/mol. The molecular formula is C7H14Cl2O. The fourth-order valence-corrected chi connectivity index (χ4v) is 1.03. The highest BCUT2D eigenvalue weighted by molar-refractivity contribution is 6.46. The Hall–Kier alpha value is 0.540. The predicted molar refractivity (Wildman–Crippen MR) is 45.4 cm³/mol. The first-order chi connectivity index (χ1) is 4.56. The van der Waals surface area contributed by atoms with Gasteiger partial charge in [0.05, 0.1) is 0 Å². The number of rotatable bonds is 5. The number of alkyl halides is 2. The molecule has 62 valence electrons. The van der Waals surface area contributed by atoms with E-state index < -0.39 is 4.52 Å². The molecule has 0 amide bonds. The second-order valence-electron chi connectivity index (χ2n) is 2.48. The molecule has 3 heteroatoms. The highest BCUT2D eigenvalue weighted by Crippen LogP contribution is 2.23. The van der Waals surface area contributed by atoms with E-state index in [4.69, 9.17) is 28.3 Å². The van der Waals surface area contributed by atoms with E-state index in [1.807, 2.05) is 0 Å². The minimum Gasteiger partial charge on any atom is -0.363 e. The molecule has 0 radical (unpaired) electrons. The van der Waals surface area contributed by atoms with Crippen molar-refractivity contribution in [2.75, 3.05) is 0 Å². The fraction of sp³-hybridized carbons (Fsp3) is 1.00. The molecule has 0 saturated carbocycles. The number of unbranched alkanes of at least 4 members (excludes halogenated alkanes) is 3. The number of hydrogen-bond acceptors (Lipinski definition) is 1. The second kappa shape index (κ2) is 5.22. The molecular weight excluding hydrogens is 171 g/mol. The summed E-state index contributed by atoms with van der Waals surface area (Å²) in [6.07, 6.45) is 4.83. The van der Waals surface area contributed by atoms with Crippen LogP contribution in [-0.2, 0) is 0 Å². The van der Waals surface area contributed by atoms with Crippen molar-refractivity contribution in [3.8, 4) is 0 Å². The van der Waals surface area contributed by atoms with Crippen LogP contribution in [0.2, 0.25) is 0 Å². The van der Waals surface area contributed by atoms with Gasteiger partial charge in [0.15, 0.2) is 0 Å². The van der Waals surface area contributed by atoms with Gasteiger partial charge >= 0.3 is 0 Å². The molecule has 0 aromatic carbocycles. The summed E-state index contributed by atoms with van der Waals surface area (Å²) in [4.78, 5) is 0. The molecule has 0 aromatic heterocycles. The molecule has 0 heterocycles. The largest absolute Gasteiger partial charge is 0.363 e. The fourth-order valence-electron chi connectivity index (χ4n) is 0.764. The summed E-state index contributed by atoms with van der Waals surface area (Å²) in [7, 11) is 0. The van der Waals surface area contributed by atoms with Gasteiger partial charge in [0.25, 0.3) is 0 Å². The molecule has 0 aliphatic carbocycles. The first-order valence-electron chi connectivity index (χ1n) is 3.66. The van der Waals surface area contributed by atoms with Crippen molar-refractivity contribution in [1.29, 1.82) is 0 Å². The molecule has 10 heavy (non-hydrogen) atoms. The van der Waals surface area contributed by atoms with Crippen LogP contribution in [0, 0.1) is 0 Å². The first-order valence-corrected chi connectivity index (χ1v) is 4.42. The van der Waals surface area contributed by atoms with Gasteiger partial charge in [-0.1, -0.05) is 49.4 Å². The van der Waals surface area contributed by atoms with E-state index in [1.54, 1.807) is 0 Å². The van der Waals surface area contributed by atoms with Crippen molar-refractivity contribution >= 4 is 23.2 Å². The lowest BCUT2D eigenvalue weighted by Gasteiger charge is -2.10. The van der Waals surface area contributed by atoms with Gasteiger partial charge in [0.1, 0.15) is 0 Å². The van der Waals surface area contributed by atoms with Crippen LogP contribution < -0.4 is 0 Å². The highest BCUT2D eigenvalue weighted by atomic mass is 35.5. The van der Waals surface area contributed by atoms with Crippen molar-refractivity contribution < 1.29 is 5.11 Å². The minimum absolute atomic E-state index is 0.468. The Morgan fingerprint density at radius 3 is 2.20 bits per heavy atom. The number of hydrogen-bond donors (Lipinski definition) is 1. The summed E-state index contributed by atoms with van der Waals surface area (Å²) >= 11 is 10.7. The van der Waals surface area contributed by atoms with Crippen LogP contribution in [0.1, 0.15) is 39.0 Å². The highest BCUT2D eigenvalue weighted by Gasteiger charge is 2.17. The third-order valence-corrected chi connectivity index (χ3v) is 1.71. The third-order valence-electron chi connectivity index (χ3n) is 1.33. The molecule has 0 aliphatic rings. The lowest BCUT2D eigenvalue weighted by molar-refractivity contribution is 0.199. The molecule has 0 fully saturated rings. The van der Waals surface area contributed by atoms with Crippen LogP contribution >= 0.6 is 23.2 Å². The van der Waals surface area contributed by atoms with Gasteiger partial charge in [-0.3, -0.25) is 0 Å². The average molecular weight is 185 g/mol. The minimum atomic E-state index is -1.51. The molecule has 0 atom stereocenters. The Morgan fingerprint density at radius 2 is 1.80 bits per heavy atom. The Bertz CT molecular complexity index is 78.2. The van der Waals surface area contributed by atoms with Gasteiger partial charge in [0, 0.05) is 6.42 Å². The average Bonchev–Trinajstić information content (AvgIpc) is 1.78. The topological polar surface area (TPSA) is 20.2 Å². The van der Waals surface area contributed by atoms with Crippen molar-refractivity contribution in [1.82, 2.24) is 0 Å². The van der Waals surface area contributed by atoms with E-state index in [0.29, 0.717) is 6.42 Å². The molecule has 1 N–H and O–H groups in total. The predicted octanol–water partition coefficient (Wildman–Crippen LogP) is 3.08. The Balaban J connectivity index is 3.04. The summed E-state index contributed by atoms with van der Waals surface area (Å²) in [6.45, 7) is 2.13. The normalized spacial score (nSPS) is 12.0. The summed E-state index contributed by atoms with van der Waals surface area (Å²) in [5.41, 5.74) is 0. The molecule has 0 unspecified atom stereocenters. The molecule has 0 aliphatic heterocycles. The van der Waals surface area contributed by atoms with Crippen LogP contribution in [0.4, 0.5) is 0 Å². The molecule has 1 nitrogen and oxygen atoms in total. The molecule has 0 spiro atoms. The Morgan fingerprint density at radius 1 is 1.20 bits per heavy atom. The van der Waals surface area contributed by atoms with Crippen LogP contribution in [-0.4, -0.2) is 9.63 Å². The lowest BCUT2D eigenvalue weighted by Crippen LogP contribution is -2.09. The van der Waals surface area contributed by atoms with Gasteiger partial charge in [0.2, 0.25) is 4.52 Å². The smallest absolute Gasteiger partial charge is 0.214 e. The quantitative estimate of drug-likeness (QED) is 0.515. The van der Waals surface area contributed by atoms with Crippen molar-refractivity contribution in [3.63, 3.8) is 0 Å². The summed E-state index contributed by atoms with van der Waals surface area (Å²) in [5, 5.41) is 8.85. The zero-order valence-corrected chi connectivity index (χ0v) is 7.75. The zero-order chi connectivity index (χ0) is 8.04. The summed E-state index contributed by atoms with van der Waals surface area (Å²) in [6, 6.07) is 0. The Labute approximate surface area is 72.3 Å². The maximum atomic E-state index is 8.85. The van der Waals surface area contributed by atoms with Crippen LogP contribution in [0.15, 0.2) is 0 Å². The van der Waals surface area contributed by atoms with Gasteiger partial charge in [-0.15, -0.1) is 0 Å². The van der Waals surface area contributed by atoms with E-state index in [-0.39, 0.29) is 0 Å². The lowest BCUT2D eigenvalue weighted by atomic mass is 10.2. The maximum absolute atomic E-state index is 8.85. The number of halogens is 2. The molecule has 0 rings (SSSR count). The van der Waals surface area contributed by atoms with Crippen molar-refractivity contribution in [2.24, 2.45) is 0 Å². The molecule has 0 saturated heterocycles. The van der Waals surface area contributed by atoms with E-state index >= 15 is 0 Å². The van der Waals surface area contributed by atoms with Crippen LogP contribution in [0.25, 0.3) is 0 Å². The molecule has 0 bridgehead atoms. The van der Waals surface area contributed by atoms with Gasteiger partial charge < -0.3 is 5.11 Å². The third kappa shape index (κ3) is 8.54. The van der Waals surface area contributed by atoms with E-state index in [0.717, 1.165) is 12.8 Å². The number of aliphatic hydroxyl groups is 1. The van der Waals surface area contributed by atoms with E-state index in [9.17, 15) is 0 Å². The zero-order valence-electron chi connectivity index (χ0n) is 6.24. The SMILES string of the molecule is CCCCCCC(O)(Cl)Cl. The van der Waals surface area contributed by atoms with Crippen molar-refractivity contribution in [3.05, 3.63) is 0 Å². The van der Waals surface area contributed by atoms with Gasteiger partial charge in [-0.05, 0) is 6.42 Å². The second-order valence-corrected chi connectivity index (χ2v) is 3.92. The summed E-state index contributed by atoms with van der Waals surface area (Å²) in [5.74, 6) is 0. The molecule has 0 aromatic rings. The first kappa shape index (κ1) is 10.5. The summed E-state index contributed by atoms with van der Waals surface area (Å²) < 4.78 is -1.51.